The Balaban J connectivity index is 1.28. The monoisotopic (exact) mass is 390 g/mol. The van der Waals surface area contributed by atoms with Gasteiger partial charge >= 0.3 is 0 Å². The number of anilines is 1. The Morgan fingerprint density at radius 3 is 2.83 bits per heavy atom. The molecule has 1 aromatic carbocycles. The molecule has 0 spiro atoms. The lowest BCUT2D eigenvalue weighted by atomic mass is 9.91. The van der Waals surface area contributed by atoms with Crippen molar-refractivity contribution in [1.29, 1.82) is 0 Å². The highest BCUT2D eigenvalue weighted by Crippen LogP contribution is 2.30. The van der Waals surface area contributed by atoms with Crippen LogP contribution in [0.15, 0.2) is 41.2 Å². The van der Waals surface area contributed by atoms with E-state index in [0.717, 1.165) is 54.7 Å². The smallest absolute Gasteiger partial charge is 0.267 e. The molecule has 1 N–H and O–H groups in total. The van der Waals surface area contributed by atoms with Crippen molar-refractivity contribution in [3.63, 3.8) is 0 Å². The number of aromatic nitrogens is 3. The fraction of sp³-hybridized carbons (Fsp3) is 0.435. The van der Waals surface area contributed by atoms with E-state index in [1.807, 2.05) is 6.07 Å². The molecule has 6 heteroatoms. The first-order valence-electron chi connectivity index (χ1n) is 10.5. The van der Waals surface area contributed by atoms with Crippen molar-refractivity contribution in [1.82, 2.24) is 14.8 Å². The largest absolute Gasteiger partial charge is 0.376 e. The summed E-state index contributed by atoms with van der Waals surface area (Å²) in [5.74, 6) is 0.939. The van der Waals surface area contributed by atoms with Crippen LogP contribution < -0.4 is 10.9 Å². The third kappa shape index (κ3) is 3.65. The SMILES string of the molecule is Cc1cc(NC2CCC(n3nc4c(cc3=O)COCC4)CC2)nc2ccccc12. The van der Waals surface area contributed by atoms with Crippen molar-refractivity contribution in [3.05, 3.63) is 63.6 Å². The van der Waals surface area contributed by atoms with Crippen LogP contribution in [-0.4, -0.2) is 27.4 Å². The van der Waals surface area contributed by atoms with Gasteiger partial charge in [-0.05, 0) is 50.3 Å². The first-order chi connectivity index (χ1) is 14.2. The summed E-state index contributed by atoms with van der Waals surface area (Å²) in [4.78, 5) is 17.3. The van der Waals surface area contributed by atoms with Gasteiger partial charge in [-0.1, -0.05) is 18.2 Å². The molecule has 29 heavy (non-hydrogen) atoms. The molecule has 1 aliphatic heterocycles. The summed E-state index contributed by atoms with van der Waals surface area (Å²) in [6.07, 6.45) is 4.71. The van der Waals surface area contributed by atoms with Gasteiger partial charge in [-0.3, -0.25) is 4.79 Å². The molecule has 3 heterocycles. The van der Waals surface area contributed by atoms with Gasteiger partial charge in [-0.25, -0.2) is 9.67 Å². The van der Waals surface area contributed by atoms with E-state index in [1.165, 1.54) is 10.9 Å². The predicted octanol–water partition coefficient (Wildman–Crippen LogP) is 3.77. The molecule has 0 unspecified atom stereocenters. The maximum atomic E-state index is 12.5. The van der Waals surface area contributed by atoms with E-state index in [4.69, 9.17) is 9.72 Å². The molecule has 2 aromatic heterocycles. The van der Waals surface area contributed by atoms with Crippen molar-refractivity contribution in [2.24, 2.45) is 0 Å². The molecule has 5 rings (SSSR count). The molecule has 0 radical (unpaired) electrons. The number of hydrogen-bond donors (Lipinski definition) is 1. The Morgan fingerprint density at radius 2 is 1.97 bits per heavy atom. The average molecular weight is 390 g/mol. The summed E-state index contributed by atoms with van der Waals surface area (Å²) in [5.41, 5.74) is 4.23. The van der Waals surface area contributed by atoms with Crippen LogP contribution >= 0.6 is 0 Å². The van der Waals surface area contributed by atoms with Gasteiger partial charge in [-0.15, -0.1) is 0 Å². The maximum absolute atomic E-state index is 12.5. The number of rotatable bonds is 3. The van der Waals surface area contributed by atoms with Gasteiger partial charge in [0.15, 0.2) is 0 Å². The van der Waals surface area contributed by atoms with Crippen LogP contribution in [0.5, 0.6) is 0 Å². The molecule has 0 bridgehead atoms. The quantitative estimate of drug-likeness (QED) is 0.737. The number of para-hydroxylation sites is 1. The zero-order chi connectivity index (χ0) is 19.8. The molecule has 150 valence electrons. The molecule has 1 saturated carbocycles. The second kappa shape index (κ2) is 7.59. The normalized spacial score (nSPS) is 21.7. The fourth-order valence-electron chi connectivity index (χ4n) is 4.59. The molecule has 1 fully saturated rings. The zero-order valence-corrected chi connectivity index (χ0v) is 16.7. The minimum atomic E-state index is -0.00233. The first-order valence-corrected chi connectivity index (χ1v) is 10.5. The van der Waals surface area contributed by atoms with Gasteiger partial charge in [0, 0.05) is 29.5 Å². The molecule has 0 amide bonds. The number of fused-ring (bicyclic) bond motifs is 2. The molecule has 3 aromatic rings. The Morgan fingerprint density at radius 1 is 1.14 bits per heavy atom. The van der Waals surface area contributed by atoms with Gasteiger partial charge in [-0.2, -0.15) is 5.10 Å². The molecule has 2 aliphatic rings. The van der Waals surface area contributed by atoms with E-state index in [-0.39, 0.29) is 11.6 Å². The molecule has 0 saturated heterocycles. The highest BCUT2D eigenvalue weighted by molar-refractivity contribution is 5.83. The molecular formula is C23H26N4O2. The highest BCUT2D eigenvalue weighted by Gasteiger charge is 2.25. The highest BCUT2D eigenvalue weighted by atomic mass is 16.5. The number of hydrogen-bond acceptors (Lipinski definition) is 5. The van der Waals surface area contributed by atoms with Crippen molar-refractivity contribution < 1.29 is 4.74 Å². The van der Waals surface area contributed by atoms with E-state index in [0.29, 0.717) is 19.3 Å². The summed E-state index contributed by atoms with van der Waals surface area (Å²) in [5, 5.41) is 9.50. The number of aryl methyl sites for hydroxylation is 1. The third-order valence-electron chi connectivity index (χ3n) is 6.18. The van der Waals surface area contributed by atoms with Crippen molar-refractivity contribution in [2.75, 3.05) is 11.9 Å². The third-order valence-corrected chi connectivity index (χ3v) is 6.18. The second-order valence-electron chi connectivity index (χ2n) is 8.19. The maximum Gasteiger partial charge on any atom is 0.267 e. The number of nitrogens with one attached hydrogen (secondary N) is 1. The van der Waals surface area contributed by atoms with Crippen LogP contribution in [0.25, 0.3) is 10.9 Å². The second-order valence-corrected chi connectivity index (χ2v) is 8.19. The Labute approximate surface area is 169 Å². The number of pyridine rings is 1. The van der Waals surface area contributed by atoms with E-state index in [9.17, 15) is 4.79 Å². The van der Waals surface area contributed by atoms with Crippen LogP contribution in [0.4, 0.5) is 5.82 Å². The summed E-state index contributed by atoms with van der Waals surface area (Å²) in [6.45, 7) is 3.32. The summed E-state index contributed by atoms with van der Waals surface area (Å²) in [6, 6.07) is 12.7. The summed E-state index contributed by atoms with van der Waals surface area (Å²) < 4.78 is 7.16. The molecule has 0 atom stereocenters. The van der Waals surface area contributed by atoms with Crippen LogP contribution in [0.1, 0.15) is 48.5 Å². The van der Waals surface area contributed by atoms with Crippen molar-refractivity contribution in [3.8, 4) is 0 Å². The van der Waals surface area contributed by atoms with Crippen LogP contribution in [0, 0.1) is 6.92 Å². The summed E-state index contributed by atoms with van der Waals surface area (Å²) in [7, 11) is 0. The van der Waals surface area contributed by atoms with Crippen LogP contribution in [0.2, 0.25) is 0 Å². The van der Waals surface area contributed by atoms with E-state index < -0.39 is 0 Å². The lowest BCUT2D eigenvalue weighted by molar-refractivity contribution is 0.107. The molecule has 1 aliphatic carbocycles. The fourth-order valence-corrected chi connectivity index (χ4v) is 4.59. The number of ether oxygens (including phenoxy) is 1. The lowest BCUT2D eigenvalue weighted by Gasteiger charge is -2.30. The van der Waals surface area contributed by atoms with E-state index in [1.54, 1.807) is 10.7 Å². The molecular weight excluding hydrogens is 364 g/mol. The molecule has 6 nitrogen and oxygen atoms in total. The van der Waals surface area contributed by atoms with E-state index in [2.05, 4.69) is 41.6 Å². The Bertz CT molecular complexity index is 1100. The van der Waals surface area contributed by atoms with E-state index >= 15 is 0 Å². The first kappa shape index (κ1) is 18.3. The topological polar surface area (TPSA) is 69.0 Å². The van der Waals surface area contributed by atoms with Crippen molar-refractivity contribution >= 4 is 16.7 Å². The summed E-state index contributed by atoms with van der Waals surface area (Å²) >= 11 is 0. The standard InChI is InChI=1S/C23H26N4O2/c1-15-12-22(25-21-5-3-2-4-19(15)21)24-17-6-8-18(9-7-17)27-23(28)13-16-14-29-11-10-20(16)26-27/h2-5,12-13,17-18H,6-11,14H2,1H3,(H,24,25). The van der Waals surface area contributed by atoms with Gasteiger partial charge in [0.25, 0.3) is 5.56 Å². The van der Waals surface area contributed by atoms with Crippen molar-refractivity contribution in [2.45, 2.75) is 57.7 Å². The van der Waals surface area contributed by atoms with Gasteiger partial charge in [0.1, 0.15) is 5.82 Å². The predicted molar refractivity (Wildman–Crippen MR) is 113 cm³/mol. The van der Waals surface area contributed by atoms with Gasteiger partial charge < -0.3 is 10.1 Å². The Hall–Kier alpha value is -2.73. The minimum Gasteiger partial charge on any atom is -0.376 e. The lowest BCUT2D eigenvalue weighted by Crippen LogP contribution is -2.35. The van der Waals surface area contributed by atoms with Gasteiger partial charge in [0.05, 0.1) is 30.5 Å². The Kier molecular flexibility index (Phi) is 4.79. The van der Waals surface area contributed by atoms with Crippen LogP contribution in [0.3, 0.4) is 0 Å². The zero-order valence-electron chi connectivity index (χ0n) is 16.7. The number of benzene rings is 1. The van der Waals surface area contributed by atoms with Crippen LogP contribution in [-0.2, 0) is 17.8 Å². The minimum absolute atomic E-state index is 0.00233. The number of nitrogens with zero attached hydrogens (tertiary/aromatic N) is 3. The average Bonchev–Trinajstić information content (AvgIpc) is 2.74. The van der Waals surface area contributed by atoms with Gasteiger partial charge in [0.2, 0.25) is 0 Å².